The first-order chi connectivity index (χ1) is 7.38. The molecule has 1 N–H and O–H groups in total. The summed E-state index contributed by atoms with van der Waals surface area (Å²) >= 11 is 0. The number of benzene rings is 1. The van der Waals surface area contributed by atoms with Gasteiger partial charge in [-0.2, -0.15) is 10.5 Å². The Morgan fingerprint density at radius 1 is 1.13 bits per heavy atom. The van der Waals surface area contributed by atoms with Gasteiger partial charge in [0.1, 0.15) is 6.07 Å². The van der Waals surface area contributed by atoms with E-state index in [9.17, 15) is 0 Å². The summed E-state index contributed by atoms with van der Waals surface area (Å²) in [6.07, 6.45) is 2.45. The maximum absolute atomic E-state index is 8.83. The second-order valence-corrected chi connectivity index (χ2v) is 3.20. The number of nitrogens with zero attached hydrogens (tertiary/aromatic N) is 2. The van der Waals surface area contributed by atoms with Crippen LogP contribution in [0.4, 0.5) is 5.69 Å². The maximum atomic E-state index is 8.83. The number of rotatable bonds is 5. The van der Waals surface area contributed by atoms with Crippen molar-refractivity contribution in [3.8, 4) is 12.1 Å². The van der Waals surface area contributed by atoms with Gasteiger partial charge in [0.15, 0.2) is 0 Å². The molecule has 0 unspecified atom stereocenters. The highest BCUT2D eigenvalue weighted by Gasteiger charge is 1.98. The van der Waals surface area contributed by atoms with Crippen molar-refractivity contribution in [2.45, 2.75) is 19.3 Å². The largest absolute Gasteiger partial charge is 0.384 e. The van der Waals surface area contributed by atoms with Crippen molar-refractivity contribution >= 4 is 5.69 Å². The second-order valence-electron chi connectivity index (χ2n) is 3.20. The molecule has 0 heterocycles. The van der Waals surface area contributed by atoms with Gasteiger partial charge < -0.3 is 5.32 Å². The molecule has 0 aliphatic rings. The lowest BCUT2D eigenvalue weighted by Gasteiger charge is -2.06. The van der Waals surface area contributed by atoms with Gasteiger partial charge in [-0.15, -0.1) is 0 Å². The number of unbranched alkanes of at least 4 members (excludes halogenated alkanes) is 2. The topological polar surface area (TPSA) is 59.6 Å². The van der Waals surface area contributed by atoms with Crippen LogP contribution in [0.5, 0.6) is 0 Å². The summed E-state index contributed by atoms with van der Waals surface area (Å²) in [7, 11) is 0. The van der Waals surface area contributed by atoms with E-state index < -0.39 is 0 Å². The van der Waals surface area contributed by atoms with E-state index in [1.165, 1.54) is 0 Å². The van der Waals surface area contributed by atoms with Gasteiger partial charge in [-0.3, -0.25) is 0 Å². The minimum Gasteiger partial charge on any atom is -0.384 e. The molecule has 15 heavy (non-hydrogen) atoms. The minimum absolute atomic E-state index is 0.599. The van der Waals surface area contributed by atoms with Crippen LogP contribution in [-0.4, -0.2) is 6.54 Å². The van der Waals surface area contributed by atoms with Crippen LogP contribution in [0.1, 0.15) is 24.8 Å². The van der Waals surface area contributed by atoms with Gasteiger partial charge in [0.25, 0.3) is 0 Å². The Kier molecular flexibility index (Phi) is 4.77. The van der Waals surface area contributed by atoms with Crippen LogP contribution in [0.15, 0.2) is 24.3 Å². The Hall–Kier alpha value is -2.00. The zero-order valence-corrected chi connectivity index (χ0v) is 8.53. The minimum atomic E-state index is 0.599. The van der Waals surface area contributed by atoms with Crippen LogP contribution in [0.3, 0.4) is 0 Å². The van der Waals surface area contributed by atoms with Crippen LogP contribution in [-0.2, 0) is 0 Å². The molecule has 1 aromatic rings. The fourth-order valence-corrected chi connectivity index (χ4v) is 1.29. The Morgan fingerprint density at radius 3 is 2.67 bits per heavy atom. The van der Waals surface area contributed by atoms with E-state index in [0.717, 1.165) is 25.1 Å². The molecule has 0 aromatic heterocycles. The Labute approximate surface area is 90.0 Å². The highest BCUT2D eigenvalue weighted by Crippen LogP contribution is 2.13. The van der Waals surface area contributed by atoms with Gasteiger partial charge in [-0.05, 0) is 25.0 Å². The van der Waals surface area contributed by atoms with Crippen molar-refractivity contribution < 1.29 is 0 Å². The highest BCUT2D eigenvalue weighted by atomic mass is 14.9. The number of hydrogen-bond acceptors (Lipinski definition) is 3. The van der Waals surface area contributed by atoms with Crippen molar-refractivity contribution in [1.82, 2.24) is 0 Å². The first kappa shape index (κ1) is 11.1. The lowest BCUT2D eigenvalue weighted by atomic mass is 10.2. The standard InChI is InChI=1S/C12H13N3/c13-8-4-1-5-9-15-12-7-3-2-6-11(12)10-14/h2-3,6-7,15H,1,4-5,9H2. The number of nitrogens with one attached hydrogen (secondary N) is 1. The van der Waals surface area contributed by atoms with Gasteiger partial charge in [-0.25, -0.2) is 0 Å². The molecule has 0 aliphatic carbocycles. The monoisotopic (exact) mass is 199 g/mol. The Morgan fingerprint density at radius 2 is 1.93 bits per heavy atom. The summed E-state index contributed by atoms with van der Waals surface area (Å²) in [5.74, 6) is 0. The molecule has 0 spiro atoms. The van der Waals surface area contributed by atoms with Crippen molar-refractivity contribution in [1.29, 1.82) is 10.5 Å². The molecule has 1 aromatic carbocycles. The SMILES string of the molecule is N#CCCCCNc1ccccc1C#N. The molecule has 0 bridgehead atoms. The predicted molar refractivity (Wildman–Crippen MR) is 59.1 cm³/mol. The Bertz CT molecular complexity index is 385. The summed E-state index contributed by atoms with van der Waals surface area (Å²) in [6, 6.07) is 11.7. The number of para-hydroxylation sites is 1. The molecule has 3 heteroatoms. The highest BCUT2D eigenvalue weighted by molar-refractivity contribution is 5.56. The van der Waals surface area contributed by atoms with Crippen molar-refractivity contribution in [2.75, 3.05) is 11.9 Å². The summed E-state index contributed by atoms with van der Waals surface area (Å²) in [5, 5.41) is 20.4. The maximum Gasteiger partial charge on any atom is 0.101 e. The third-order valence-corrected chi connectivity index (χ3v) is 2.08. The third-order valence-electron chi connectivity index (χ3n) is 2.08. The quantitative estimate of drug-likeness (QED) is 0.741. The number of hydrogen-bond donors (Lipinski definition) is 1. The van der Waals surface area contributed by atoms with Crippen LogP contribution >= 0.6 is 0 Å². The van der Waals surface area contributed by atoms with E-state index >= 15 is 0 Å². The fraction of sp³-hybridized carbons (Fsp3) is 0.333. The van der Waals surface area contributed by atoms with Crippen LogP contribution in [0.2, 0.25) is 0 Å². The van der Waals surface area contributed by atoms with E-state index in [0.29, 0.717) is 12.0 Å². The van der Waals surface area contributed by atoms with Gasteiger partial charge in [0.2, 0.25) is 0 Å². The summed E-state index contributed by atoms with van der Waals surface area (Å²) in [4.78, 5) is 0. The summed E-state index contributed by atoms with van der Waals surface area (Å²) < 4.78 is 0. The van der Waals surface area contributed by atoms with E-state index in [-0.39, 0.29) is 0 Å². The Balaban J connectivity index is 2.38. The van der Waals surface area contributed by atoms with Crippen LogP contribution < -0.4 is 5.32 Å². The first-order valence-electron chi connectivity index (χ1n) is 4.98. The summed E-state index contributed by atoms with van der Waals surface area (Å²) in [5.41, 5.74) is 1.54. The number of nitriles is 2. The van der Waals surface area contributed by atoms with E-state index in [1.54, 1.807) is 6.07 Å². The average Bonchev–Trinajstić information content (AvgIpc) is 2.29. The lowest BCUT2D eigenvalue weighted by Crippen LogP contribution is -2.02. The van der Waals surface area contributed by atoms with E-state index in [1.807, 2.05) is 18.2 Å². The molecule has 0 fully saturated rings. The van der Waals surface area contributed by atoms with Gasteiger partial charge >= 0.3 is 0 Å². The first-order valence-corrected chi connectivity index (χ1v) is 4.98. The zero-order chi connectivity index (χ0) is 10.9. The number of anilines is 1. The smallest absolute Gasteiger partial charge is 0.101 e. The molecule has 0 saturated carbocycles. The summed E-state index contributed by atoms with van der Waals surface area (Å²) in [6.45, 7) is 0.806. The molecular weight excluding hydrogens is 186 g/mol. The van der Waals surface area contributed by atoms with Crippen molar-refractivity contribution in [3.63, 3.8) is 0 Å². The van der Waals surface area contributed by atoms with Crippen LogP contribution in [0.25, 0.3) is 0 Å². The second kappa shape index (κ2) is 6.45. The molecule has 76 valence electrons. The molecule has 0 saturated heterocycles. The predicted octanol–water partition coefficient (Wildman–Crippen LogP) is 2.66. The van der Waals surface area contributed by atoms with Gasteiger partial charge in [0, 0.05) is 13.0 Å². The van der Waals surface area contributed by atoms with Crippen molar-refractivity contribution in [3.05, 3.63) is 29.8 Å². The molecule has 0 atom stereocenters. The third kappa shape index (κ3) is 3.70. The van der Waals surface area contributed by atoms with Crippen LogP contribution in [0, 0.1) is 22.7 Å². The van der Waals surface area contributed by atoms with E-state index in [2.05, 4.69) is 17.5 Å². The van der Waals surface area contributed by atoms with Gasteiger partial charge in [-0.1, -0.05) is 12.1 Å². The average molecular weight is 199 g/mol. The van der Waals surface area contributed by atoms with E-state index in [4.69, 9.17) is 10.5 Å². The molecule has 0 aliphatic heterocycles. The molecule has 1 rings (SSSR count). The fourth-order valence-electron chi connectivity index (χ4n) is 1.29. The lowest BCUT2D eigenvalue weighted by molar-refractivity contribution is 0.784. The molecule has 3 nitrogen and oxygen atoms in total. The molecular formula is C12H13N3. The molecule has 0 amide bonds. The normalized spacial score (nSPS) is 8.93. The van der Waals surface area contributed by atoms with Crippen molar-refractivity contribution in [2.24, 2.45) is 0 Å². The molecule has 0 radical (unpaired) electrons. The zero-order valence-electron chi connectivity index (χ0n) is 8.53. The van der Waals surface area contributed by atoms with Gasteiger partial charge in [0.05, 0.1) is 17.3 Å².